The van der Waals surface area contributed by atoms with E-state index in [9.17, 15) is 0 Å². The van der Waals surface area contributed by atoms with Crippen molar-refractivity contribution in [2.45, 2.75) is 6.92 Å². The number of nitrogens with zero attached hydrogens (tertiary/aromatic N) is 1. The van der Waals surface area contributed by atoms with Gasteiger partial charge in [-0.1, -0.05) is 23.7 Å². The lowest BCUT2D eigenvalue weighted by Gasteiger charge is -1.94. The first-order valence-electron chi connectivity index (χ1n) is 4.05. The fraction of sp³-hybridized carbons (Fsp3) is 0.100. The van der Waals surface area contributed by atoms with Crippen molar-refractivity contribution in [2.75, 3.05) is 0 Å². The summed E-state index contributed by atoms with van der Waals surface area (Å²) in [5.41, 5.74) is 2.13. The molecule has 72 valence electrons. The van der Waals surface area contributed by atoms with Gasteiger partial charge in [-0.2, -0.15) is 0 Å². The highest BCUT2D eigenvalue weighted by Crippen LogP contribution is 2.31. The van der Waals surface area contributed by atoms with Crippen molar-refractivity contribution in [1.82, 2.24) is 4.98 Å². The zero-order valence-electron chi connectivity index (χ0n) is 7.42. The van der Waals surface area contributed by atoms with E-state index < -0.39 is 0 Å². The second-order valence-corrected chi connectivity index (χ2v) is 5.64. The summed E-state index contributed by atoms with van der Waals surface area (Å²) in [6.07, 6.45) is 0. The molecule has 1 aromatic heterocycles. The van der Waals surface area contributed by atoms with E-state index >= 15 is 0 Å². The maximum Gasteiger partial charge on any atom is 0.124 e. The van der Waals surface area contributed by atoms with Gasteiger partial charge in [-0.3, -0.25) is 0 Å². The summed E-state index contributed by atoms with van der Waals surface area (Å²) in [7, 11) is 0. The minimum atomic E-state index is 0.751. The average molecular weight is 289 g/mol. The molecular formula is C10H7BrClNS. The van der Waals surface area contributed by atoms with E-state index in [0.29, 0.717) is 0 Å². The minimum Gasteiger partial charge on any atom is -0.240 e. The molecule has 0 fully saturated rings. The Kier molecular flexibility index (Phi) is 2.91. The van der Waals surface area contributed by atoms with Crippen LogP contribution in [0.3, 0.4) is 0 Å². The van der Waals surface area contributed by atoms with Gasteiger partial charge < -0.3 is 0 Å². The van der Waals surface area contributed by atoms with Crippen molar-refractivity contribution in [1.29, 1.82) is 0 Å². The fourth-order valence-electron chi connectivity index (χ4n) is 1.09. The molecule has 2 rings (SSSR count). The first-order chi connectivity index (χ1) is 6.66. The van der Waals surface area contributed by atoms with Gasteiger partial charge in [0.05, 0.1) is 9.48 Å². The minimum absolute atomic E-state index is 0.751. The number of hydrogen-bond donors (Lipinski definition) is 0. The van der Waals surface area contributed by atoms with Gasteiger partial charge in [0.1, 0.15) is 5.01 Å². The molecule has 4 heteroatoms. The second kappa shape index (κ2) is 4.01. The van der Waals surface area contributed by atoms with Crippen LogP contribution in [0.4, 0.5) is 0 Å². The number of hydrogen-bond acceptors (Lipinski definition) is 2. The fourth-order valence-corrected chi connectivity index (χ4v) is 2.57. The summed E-state index contributed by atoms with van der Waals surface area (Å²) < 4.78 is 1.09. The molecule has 0 aliphatic carbocycles. The zero-order chi connectivity index (χ0) is 10.1. The molecular weight excluding hydrogens is 282 g/mol. The van der Waals surface area contributed by atoms with Crippen LogP contribution in [-0.4, -0.2) is 4.98 Å². The van der Waals surface area contributed by atoms with E-state index in [0.717, 1.165) is 25.1 Å². The Morgan fingerprint density at radius 1 is 1.29 bits per heavy atom. The predicted octanol–water partition coefficient (Wildman–Crippen LogP) is 4.53. The molecule has 0 bridgehead atoms. The first-order valence-corrected chi connectivity index (χ1v) is 6.04. The molecule has 0 spiro atoms. The summed E-state index contributed by atoms with van der Waals surface area (Å²) >= 11 is 10.9. The highest BCUT2D eigenvalue weighted by molar-refractivity contribution is 9.11. The number of aryl methyl sites for hydroxylation is 1. The Hall–Kier alpha value is -0.380. The van der Waals surface area contributed by atoms with E-state index in [-0.39, 0.29) is 0 Å². The Morgan fingerprint density at radius 2 is 1.93 bits per heavy atom. The van der Waals surface area contributed by atoms with Crippen LogP contribution in [0.2, 0.25) is 5.02 Å². The van der Waals surface area contributed by atoms with E-state index in [1.807, 2.05) is 31.2 Å². The molecule has 1 nitrogen and oxygen atoms in total. The number of rotatable bonds is 1. The molecule has 0 saturated carbocycles. The normalized spacial score (nSPS) is 10.5. The monoisotopic (exact) mass is 287 g/mol. The highest BCUT2D eigenvalue weighted by Gasteiger charge is 2.06. The van der Waals surface area contributed by atoms with Crippen LogP contribution < -0.4 is 0 Å². The van der Waals surface area contributed by atoms with Gasteiger partial charge in [0.15, 0.2) is 0 Å². The van der Waals surface area contributed by atoms with Gasteiger partial charge >= 0.3 is 0 Å². The Labute approximate surface area is 99.9 Å². The van der Waals surface area contributed by atoms with Crippen molar-refractivity contribution < 1.29 is 0 Å². The Bertz CT molecular complexity index is 430. The number of benzene rings is 1. The van der Waals surface area contributed by atoms with E-state index in [4.69, 9.17) is 11.6 Å². The van der Waals surface area contributed by atoms with Crippen LogP contribution in [0.25, 0.3) is 10.6 Å². The van der Waals surface area contributed by atoms with Crippen LogP contribution in [0, 0.1) is 6.92 Å². The van der Waals surface area contributed by atoms with Gasteiger partial charge in [-0.15, -0.1) is 11.3 Å². The van der Waals surface area contributed by atoms with Crippen molar-refractivity contribution >= 4 is 38.9 Å². The summed E-state index contributed by atoms with van der Waals surface area (Å²) in [6.45, 7) is 1.99. The van der Waals surface area contributed by atoms with Crippen LogP contribution >= 0.6 is 38.9 Å². The lowest BCUT2D eigenvalue weighted by Crippen LogP contribution is -1.76. The Morgan fingerprint density at radius 3 is 2.43 bits per heavy atom. The Balaban J connectivity index is 2.44. The number of thiazole rings is 1. The summed E-state index contributed by atoms with van der Waals surface area (Å²) in [6, 6.07) is 7.71. The molecule has 0 radical (unpaired) electrons. The van der Waals surface area contributed by atoms with Gasteiger partial charge in [-0.05, 0) is 35.0 Å². The maximum atomic E-state index is 5.81. The maximum absolute atomic E-state index is 5.81. The SMILES string of the molecule is Cc1nc(-c2ccc(Cl)cc2)sc1Br. The van der Waals surface area contributed by atoms with E-state index in [1.165, 1.54) is 0 Å². The molecule has 0 atom stereocenters. The number of aromatic nitrogens is 1. The quantitative estimate of drug-likeness (QED) is 0.751. The topological polar surface area (TPSA) is 12.9 Å². The van der Waals surface area contributed by atoms with E-state index in [2.05, 4.69) is 20.9 Å². The van der Waals surface area contributed by atoms with E-state index in [1.54, 1.807) is 11.3 Å². The summed E-state index contributed by atoms with van der Waals surface area (Å²) in [5.74, 6) is 0. The first kappa shape index (κ1) is 10.1. The molecule has 1 heterocycles. The third kappa shape index (κ3) is 2.00. The van der Waals surface area contributed by atoms with Gasteiger partial charge in [0.25, 0.3) is 0 Å². The van der Waals surface area contributed by atoms with Crippen LogP contribution in [0.15, 0.2) is 28.1 Å². The third-order valence-corrected chi connectivity index (χ3v) is 4.14. The molecule has 0 aliphatic rings. The largest absolute Gasteiger partial charge is 0.240 e. The van der Waals surface area contributed by atoms with Gasteiger partial charge in [0.2, 0.25) is 0 Å². The van der Waals surface area contributed by atoms with Crippen LogP contribution in [0.1, 0.15) is 5.69 Å². The molecule has 0 N–H and O–H groups in total. The molecule has 0 aliphatic heterocycles. The van der Waals surface area contributed by atoms with Crippen molar-refractivity contribution in [3.8, 4) is 10.6 Å². The molecule has 14 heavy (non-hydrogen) atoms. The molecule has 0 amide bonds. The molecule has 2 aromatic rings. The van der Waals surface area contributed by atoms with Crippen LogP contribution in [-0.2, 0) is 0 Å². The smallest absolute Gasteiger partial charge is 0.124 e. The lowest BCUT2D eigenvalue weighted by atomic mass is 10.2. The third-order valence-electron chi connectivity index (χ3n) is 1.83. The van der Waals surface area contributed by atoms with Crippen LogP contribution in [0.5, 0.6) is 0 Å². The lowest BCUT2D eigenvalue weighted by molar-refractivity contribution is 1.26. The second-order valence-electron chi connectivity index (χ2n) is 2.89. The zero-order valence-corrected chi connectivity index (χ0v) is 10.6. The predicted molar refractivity (Wildman–Crippen MR) is 65.0 cm³/mol. The molecule has 0 unspecified atom stereocenters. The van der Waals surface area contributed by atoms with Crippen molar-refractivity contribution in [2.24, 2.45) is 0 Å². The highest BCUT2D eigenvalue weighted by atomic mass is 79.9. The van der Waals surface area contributed by atoms with Crippen molar-refractivity contribution in [3.05, 3.63) is 38.8 Å². The molecule has 1 aromatic carbocycles. The molecule has 0 saturated heterocycles. The van der Waals surface area contributed by atoms with Gasteiger partial charge in [-0.25, -0.2) is 4.98 Å². The van der Waals surface area contributed by atoms with Gasteiger partial charge in [0, 0.05) is 10.6 Å². The average Bonchev–Trinajstić information content (AvgIpc) is 2.48. The number of halogens is 2. The summed E-state index contributed by atoms with van der Waals surface area (Å²) in [5, 5.41) is 1.77. The standard InChI is InChI=1S/C10H7BrClNS/c1-6-9(11)14-10(13-6)7-2-4-8(12)5-3-7/h2-5H,1H3. The van der Waals surface area contributed by atoms with Crippen molar-refractivity contribution in [3.63, 3.8) is 0 Å². The summed E-state index contributed by atoms with van der Waals surface area (Å²) in [4.78, 5) is 4.44.